The summed E-state index contributed by atoms with van der Waals surface area (Å²) in [5.41, 5.74) is 0. The summed E-state index contributed by atoms with van der Waals surface area (Å²) < 4.78 is 10.4. The molecule has 0 aromatic heterocycles. The van der Waals surface area contributed by atoms with Gasteiger partial charge in [-0.25, -0.2) is 0 Å². The first-order valence-electron chi connectivity index (χ1n) is 14.7. The topological polar surface area (TPSA) is 52.6 Å². The van der Waals surface area contributed by atoms with Crippen LogP contribution in [-0.2, 0) is 19.1 Å². The van der Waals surface area contributed by atoms with Gasteiger partial charge in [-0.1, -0.05) is 116 Å². The van der Waals surface area contributed by atoms with Gasteiger partial charge in [0.2, 0.25) is 0 Å². The van der Waals surface area contributed by atoms with Gasteiger partial charge in [-0.05, 0) is 38.5 Å². The zero-order chi connectivity index (χ0) is 25.0. The molecule has 0 amide bonds. The van der Waals surface area contributed by atoms with Crippen LogP contribution in [-0.4, -0.2) is 25.2 Å². The van der Waals surface area contributed by atoms with E-state index in [1.165, 1.54) is 64.2 Å². The van der Waals surface area contributed by atoms with Crippen molar-refractivity contribution in [1.29, 1.82) is 0 Å². The van der Waals surface area contributed by atoms with E-state index in [0.717, 1.165) is 64.2 Å². The molecule has 0 bridgehead atoms. The molecule has 0 saturated carbocycles. The molecule has 0 fully saturated rings. The highest BCUT2D eigenvalue weighted by Gasteiger charge is 2.02. The van der Waals surface area contributed by atoms with Gasteiger partial charge in [0.15, 0.2) is 0 Å². The lowest BCUT2D eigenvalue weighted by Gasteiger charge is -2.05. The van der Waals surface area contributed by atoms with Crippen LogP contribution in [0.5, 0.6) is 0 Å². The van der Waals surface area contributed by atoms with Crippen molar-refractivity contribution in [2.75, 3.05) is 13.2 Å². The van der Waals surface area contributed by atoms with Crippen molar-refractivity contribution < 1.29 is 19.1 Å². The minimum Gasteiger partial charge on any atom is -0.466 e. The zero-order valence-electron chi connectivity index (χ0n) is 22.8. The minimum absolute atomic E-state index is 0.0118. The summed E-state index contributed by atoms with van der Waals surface area (Å²) in [4.78, 5) is 23.2. The van der Waals surface area contributed by atoms with Crippen LogP contribution in [0.3, 0.4) is 0 Å². The van der Waals surface area contributed by atoms with E-state index in [2.05, 4.69) is 26.0 Å². The Hall–Kier alpha value is -1.32. The number of hydrogen-bond acceptors (Lipinski definition) is 4. The Morgan fingerprint density at radius 3 is 1.38 bits per heavy atom. The number of allylic oxidation sites excluding steroid dienone is 2. The first-order chi connectivity index (χ1) is 16.7. The van der Waals surface area contributed by atoms with E-state index in [4.69, 9.17) is 9.47 Å². The summed E-state index contributed by atoms with van der Waals surface area (Å²) in [5, 5.41) is 0. The lowest BCUT2D eigenvalue weighted by atomic mass is 10.0. The molecule has 0 aliphatic carbocycles. The van der Waals surface area contributed by atoms with Crippen LogP contribution in [0.4, 0.5) is 0 Å². The van der Waals surface area contributed by atoms with Crippen molar-refractivity contribution in [3.63, 3.8) is 0 Å². The van der Waals surface area contributed by atoms with Crippen LogP contribution in [0.1, 0.15) is 155 Å². The normalized spacial score (nSPS) is 11.2. The van der Waals surface area contributed by atoms with E-state index in [9.17, 15) is 9.59 Å². The Morgan fingerprint density at radius 1 is 0.471 bits per heavy atom. The van der Waals surface area contributed by atoms with Gasteiger partial charge in [0, 0.05) is 12.8 Å². The Balaban J connectivity index is 3.22. The highest BCUT2D eigenvalue weighted by Crippen LogP contribution is 2.13. The van der Waals surface area contributed by atoms with E-state index in [0.29, 0.717) is 26.1 Å². The molecule has 0 aliphatic heterocycles. The Morgan fingerprint density at radius 2 is 0.882 bits per heavy atom. The minimum atomic E-state index is -0.0594. The number of unbranched alkanes of at least 4 members (excludes halogenated alkanes) is 16. The first kappa shape index (κ1) is 32.7. The van der Waals surface area contributed by atoms with E-state index >= 15 is 0 Å². The van der Waals surface area contributed by atoms with Gasteiger partial charge < -0.3 is 9.47 Å². The molecule has 0 atom stereocenters. The Kier molecular flexibility index (Phi) is 26.8. The van der Waals surface area contributed by atoms with Crippen LogP contribution >= 0.6 is 0 Å². The van der Waals surface area contributed by atoms with Gasteiger partial charge in [-0.3, -0.25) is 9.59 Å². The predicted octanol–water partition coefficient (Wildman–Crippen LogP) is 9.25. The lowest BCUT2D eigenvalue weighted by Crippen LogP contribution is -2.05. The van der Waals surface area contributed by atoms with Crippen molar-refractivity contribution in [2.24, 2.45) is 0 Å². The number of rotatable bonds is 26. The molecule has 0 spiro atoms. The predicted molar refractivity (Wildman–Crippen MR) is 144 cm³/mol. The second-order valence-corrected chi connectivity index (χ2v) is 9.65. The molecule has 34 heavy (non-hydrogen) atoms. The van der Waals surface area contributed by atoms with E-state index < -0.39 is 0 Å². The SMILES string of the molecule is CCCCCOC(=O)CC/C=C/CCCCCCCCCCCCCCC(=O)OCCCCC. The Bertz CT molecular complexity index is 472. The fourth-order valence-corrected chi connectivity index (χ4v) is 3.96. The number of carbonyl (C=O) groups is 2. The summed E-state index contributed by atoms with van der Waals surface area (Å²) in [6.07, 6.45) is 29.3. The molecule has 200 valence electrons. The third-order valence-electron chi connectivity index (χ3n) is 6.21. The average Bonchev–Trinajstić information content (AvgIpc) is 2.83. The molecule has 4 heteroatoms. The molecule has 0 aromatic carbocycles. The molecule has 0 aromatic rings. The van der Waals surface area contributed by atoms with E-state index in [1.54, 1.807) is 0 Å². The van der Waals surface area contributed by atoms with E-state index in [1.807, 2.05) is 0 Å². The molecule has 0 unspecified atom stereocenters. The first-order valence-corrected chi connectivity index (χ1v) is 14.7. The maximum Gasteiger partial charge on any atom is 0.306 e. The molecule has 0 N–H and O–H groups in total. The number of carbonyl (C=O) groups excluding carboxylic acids is 2. The largest absolute Gasteiger partial charge is 0.466 e. The summed E-state index contributed by atoms with van der Waals surface area (Å²) in [6, 6.07) is 0. The van der Waals surface area contributed by atoms with Crippen molar-refractivity contribution in [1.82, 2.24) is 0 Å². The number of hydrogen-bond donors (Lipinski definition) is 0. The summed E-state index contributed by atoms with van der Waals surface area (Å²) in [7, 11) is 0. The van der Waals surface area contributed by atoms with Crippen molar-refractivity contribution in [3.05, 3.63) is 12.2 Å². The van der Waals surface area contributed by atoms with Crippen molar-refractivity contribution >= 4 is 11.9 Å². The third-order valence-corrected chi connectivity index (χ3v) is 6.21. The van der Waals surface area contributed by atoms with Crippen LogP contribution < -0.4 is 0 Å². The fourth-order valence-electron chi connectivity index (χ4n) is 3.96. The smallest absolute Gasteiger partial charge is 0.306 e. The van der Waals surface area contributed by atoms with Gasteiger partial charge >= 0.3 is 11.9 Å². The molecular formula is C30H56O4. The van der Waals surface area contributed by atoms with Gasteiger partial charge in [0.05, 0.1) is 13.2 Å². The lowest BCUT2D eigenvalue weighted by molar-refractivity contribution is -0.144. The second kappa shape index (κ2) is 27.9. The van der Waals surface area contributed by atoms with Crippen LogP contribution in [0.2, 0.25) is 0 Å². The molecule has 0 rings (SSSR count). The average molecular weight is 481 g/mol. The maximum absolute atomic E-state index is 11.6. The number of ether oxygens (including phenoxy) is 2. The molecule has 0 heterocycles. The van der Waals surface area contributed by atoms with Crippen molar-refractivity contribution in [2.45, 2.75) is 155 Å². The zero-order valence-corrected chi connectivity index (χ0v) is 22.8. The highest BCUT2D eigenvalue weighted by molar-refractivity contribution is 5.69. The van der Waals surface area contributed by atoms with Crippen LogP contribution in [0, 0.1) is 0 Å². The quantitative estimate of drug-likeness (QED) is 0.0703. The van der Waals surface area contributed by atoms with E-state index in [-0.39, 0.29) is 11.9 Å². The molecular weight excluding hydrogens is 424 g/mol. The Labute approximate surface area is 211 Å². The summed E-state index contributed by atoms with van der Waals surface area (Å²) >= 11 is 0. The third kappa shape index (κ3) is 26.9. The van der Waals surface area contributed by atoms with Crippen molar-refractivity contribution in [3.8, 4) is 0 Å². The summed E-state index contributed by atoms with van der Waals surface area (Å²) in [6.45, 7) is 5.49. The van der Waals surface area contributed by atoms with Gasteiger partial charge in [0.1, 0.15) is 0 Å². The fraction of sp³-hybridized carbons (Fsp3) is 0.867. The van der Waals surface area contributed by atoms with Crippen LogP contribution in [0.15, 0.2) is 12.2 Å². The standard InChI is InChI=1S/C30H56O4/c1-3-5-23-27-33-29(31)25-21-19-17-15-13-11-9-7-8-10-12-14-16-18-20-22-26-30(32)34-28-24-6-4-2/h17,19H,3-16,18,20-28H2,1-2H3/b19-17+. The van der Waals surface area contributed by atoms with Gasteiger partial charge in [-0.15, -0.1) is 0 Å². The highest BCUT2D eigenvalue weighted by atomic mass is 16.5. The molecule has 4 nitrogen and oxygen atoms in total. The van der Waals surface area contributed by atoms with Gasteiger partial charge in [0.25, 0.3) is 0 Å². The monoisotopic (exact) mass is 480 g/mol. The second-order valence-electron chi connectivity index (χ2n) is 9.65. The molecule has 0 saturated heterocycles. The molecule has 0 aliphatic rings. The van der Waals surface area contributed by atoms with Gasteiger partial charge in [-0.2, -0.15) is 0 Å². The summed E-state index contributed by atoms with van der Waals surface area (Å²) in [5.74, 6) is -0.0712. The number of esters is 2. The van der Waals surface area contributed by atoms with Crippen LogP contribution in [0.25, 0.3) is 0 Å². The maximum atomic E-state index is 11.6. The molecule has 0 radical (unpaired) electrons.